The molecule has 1 N–H and O–H groups in total. The molecule has 3 atom stereocenters. The Balaban J connectivity index is 2.14. The second kappa shape index (κ2) is 4.50. The van der Waals surface area contributed by atoms with Gasteiger partial charge in [-0.3, -0.25) is 0 Å². The van der Waals surface area contributed by atoms with Crippen molar-refractivity contribution in [2.75, 3.05) is 6.54 Å². The molecular weight excluding hydrogens is 214 g/mol. The van der Waals surface area contributed by atoms with Crippen LogP contribution in [0, 0.1) is 12.3 Å². The van der Waals surface area contributed by atoms with Crippen LogP contribution in [0.4, 0.5) is 0 Å². The van der Waals surface area contributed by atoms with Crippen LogP contribution in [0.1, 0.15) is 49.3 Å². The summed E-state index contributed by atoms with van der Waals surface area (Å²) in [5.74, 6) is 0.778. The van der Waals surface area contributed by atoms with Crippen LogP contribution in [0.3, 0.4) is 0 Å². The summed E-state index contributed by atoms with van der Waals surface area (Å²) in [6.07, 6.45) is 2.59. The molecule has 0 amide bonds. The second-order valence-corrected chi connectivity index (χ2v) is 6.53. The average molecular weight is 237 g/mol. The molecule has 0 radical (unpaired) electrons. The molecule has 1 heterocycles. The predicted octanol–water partition coefficient (Wildman–Crippen LogP) is 3.94. The topological polar surface area (TPSA) is 12.0 Å². The first-order chi connectivity index (χ1) is 7.61. The van der Waals surface area contributed by atoms with E-state index in [-0.39, 0.29) is 0 Å². The molecule has 0 saturated heterocycles. The van der Waals surface area contributed by atoms with Crippen LogP contribution in [-0.4, -0.2) is 12.6 Å². The molecule has 1 fully saturated rings. The van der Waals surface area contributed by atoms with Gasteiger partial charge in [-0.2, -0.15) is 0 Å². The molecule has 0 spiro atoms. The first-order valence-corrected chi connectivity index (χ1v) is 7.23. The normalized spacial score (nSPS) is 33.8. The monoisotopic (exact) mass is 237 g/mol. The van der Waals surface area contributed by atoms with Crippen molar-refractivity contribution in [2.24, 2.45) is 5.41 Å². The lowest BCUT2D eigenvalue weighted by atomic mass is 9.55. The molecule has 0 aromatic carbocycles. The predicted molar refractivity (Wildman–Crippen MR) is 72.3 cm³/mol. The van der Waals surface area contributed by atoms with Gasteiger partial charge < -0.3 is 5.32 Å². The van der Waals surface area contributed by atoms with Gasteiger partial charge in [0.1, 0.15) is 0 Å². The van der Waals surface area contributed by atoms with E-state index >= 15 is 0 Å². The van der Waals surface area contributed by atoms with Gasteiger partial charge in [0.2, 0.25) is 0 Å². The van der Waals surface area contributed by atoms with Crippen molar-refractivity contribution < 1.29 is 0 Å². The highest BCUT2D eigenvalue weighted by Gasteiger charge is 2.50. The Morgan fingerprint density at radius 3 is 2.69 bits per heavy atom. The number of hydrogen-bond acceptors (Lipinski definition) is 2. The zero-order valence-corrected chi connectivity index (χ0v) is 11.7. The number of aryl methyl sites for hydroxylation is 1. The van der Waals surface area contributed by atoms with Gasteiger partial charge in [0.05, 0.1) is 0 Å². The summed E-state index contributed by atoms with van der Waals surface area (Å²) in [6.45, 7) is 10.3. The standard InChI is InChI=1S/C14H23NS/c1-5-14(4)11(9-13(14)15-6-2)12-8-7-10(3)16-12/h7-8,11,13,15H,5-6,9H2,1-4H3. The number of thiophene rings is 1. The van der Waals surface area contributed by atoms with E-state index in [4.69, 9.17) is 0 Å². The fraction of sp³-hybridized carbons (Fsp3) is 0.714. The molecule has 2 heteroatoms. The number of nitrogens with one attached hydrogen (secondary N) is 1. The van der Waals surface area contributed by atoms with Crippen molar-refractivity contribution in [2.45, 2.75) is 52.5 Å². The van der Waals surface area contributed by atoms with Crippen molar-refractivity contribution in [3.05, 3.63) is 21.9 Å². The summed E-state index contributed by atoms with van der Waals surface area (Å²) in [5, 5.41) is 3.63. The lowest BCUT2D eigenvalue weighted by Crippen LogP contribution is -2.56. The van der Waals surface area contributed by atoms with E-state index < -0.39 is 0 Å². The van der Waals surface area contributed by atoms with E-state index in [1.54, 1.807) is 4.88 Å². The minimum Gasteiger partial charge on any atom is -0.314 e. The van der Waals surface area contributed by atoms with E-state index in [0.29, 0.717) is 5.41 Å². The maximum absolute atomic E-state index is 3.63. The molecule has 1 aliphatic carbocycles. The van der Waals surface area contributed by atoms with Crippen molar-refractivity contribution in [1.29, 1.82) is 0 Å². The first kappa shape index (κ1) is 12.1. The fourth-order valence-electron chi connectivity index (χ4n) is 2.99. The van der Waals surface area contributed by atoms with Gasteiger partial charge in [-0.05, 0) is 43.9 Å². The Bertz CT molecular complexity index is 357. The Morgan fingerprint density at radius 1 is 1.44 bits per heavy atom. The van der Waals surface area contributed by atoms with Gasteiger partial charge in [0.15, 0.2) is 0 Å². The molecule has 1 nitrogen and oxygen atoms in total. The van der Waals surface area contributed by atoms with E-state index in [0.717, 1.165) is 18.5 Å². The minimum atomic E-state index is 0.466. The summed E-state index contributed by atoms with van der Waals surface area (Å²) >= 11 is 1.98. The minimum absolute atomic E-state index is 0.466. The third-order valence-corrected chi connectivity index (χ3v) is 5.49. The van der Waals surface area contributed by atoms with Crippen LogP contribution in [0.2, 0.25) is 0 Å². The summed E-state index contributed by atoms with van der Waals surface area (Å²) < 4.78 is 0. The van der Waals surface area contributed by atoms with Crippen LogP contribution in [0.5, 0.6) is 0 Å². The first-order valence-electron chi connectivity index (χ1n) is 6.41. The van der Waals surface area contributed by atoms with Crippen molar-refractivity contribution >= 4 is 11.3 Å². The molecule has 3 unspecified atom stereocenters. The average Bonchev–Trinajstić information content (AvgIpc) is 2.68. The fourth-order valence-corrected chi connectivity index (χ4v) is 4.15. The van der Waals surface area contributed by atoms with Gasteiger partial charge >= 0.3 is 0 Å². The Hall–Kier alpha value is -0.340. The molecule has 16 heavy (non-hydrogen) atoms. The second-order valence-electron chi connectivity index (χ2n) is 5.21. The largest absolute Gasteiger partial charge is 0.314 e. The molecule has 1 saturated carbocycles. The summed E-state index contributed by atoms with van der Waals surface area (Å²) in [5.41, 5.74) is 0.466. The molecule has 0 aliphatic heterocycles. The van der Waals surface area contributed by atoms with E-state index in [1.165, 1.54) is 17.7 Å². The Kier molecular flexibility index (Phi) is 3.41. The highest BCUT2D eigenvalue weighted by Crippen LogP contribution is 2.56. The quantitative estimate of drug-likeness (QED) is 0.836. The lowest BCUT2D eigenvalue weighted by molar-refractivity contribution is 0.0475. The summed E-state index contributed by atoms with van der Waals surface area (Å²) in [7, 11) is 0. The van der Waals surface area contributed by atoms with Crippen molar-refractivity contribution in [1.82, 2.24) is 5.32 Å². The van der Waals surface area contributed by atoms with Gasteiger partial charge in [0.25, 0.3) is 0 Å². The van der Waals surface area contributed by atoms with E-state index in [2.05, 4.69) is 45.1 Å². The van der Waals surface area contributed by atoms with Gasteiger partial charge in [-0.25, -0.2) is 0 Å². The lowest BCUT2D eigenvalue weighted by Gasteiger charge is -2.54. The third-order valence-electron chi connectivity index (χ3n) is 4.38. The van der Waals surface area contributed by atoms with Gasteiger partial charge in [-0.1, -0.05) is 20.8 Å². The van der Waals surface area contributed by atoms with Crippen molar-refractivity contribution in [3.8, 4) is 0 Å². The smallest absolute Gasteiger partial charge is 0.0133 e. The van der Waals surface area contributed by atoms with Crippen LogP contribution in [0.15, 0.2) is 12.1 Å². The number of rotatable bonds is 4. The maximum Gasteiger partial charge on any atom is 0.0133 e. The van der Waals surface area contributed by atoms with Crippen LogP contribution in [0.25, 0.3) is 0 Å². The molecule has 1 aromatic rings. The SMILES string of the molecule is CCNC1CC(c2ccc(C)s2)C1(C)CC. The highest BCUT2D eigenvalue weighted by atomic mass is 32.1. The van der Waals surface area contributed by atoms with Gasteiger partial charge in [-0.15, -0.1) is 11.3 Å². The van der Waals surface area contributed by atoms with E-state index in [9.17, 15) is 0 Å². The number of hydrogen-bond donors (Lipinski definition) is 1. The van der Waals surface area contributed by atoms with E-state index in [1.807, 2.05) is 11.3 Å². The molecule has 90 valence electrons. The maximum atomic E-state index is 3.63. The molecule has 2 rings (SSSR count). The van der Waals surface area contributed by atoms with Crippen LogP contribution < -0.4 is 5.32 Å². The molecular formula is C14H23NS. The zero-order valence-electron chi connectivity index (χ0n) is 10.8. The highest BCUT2D eigenvalue weighted by molar-refractivity contribution is 7.12. The van der Waals surface area contributed by atoms with Crippen molar-refractivity contribution in [3.63, 3.8) is 0 Å². The molecule has 0 bridgehead atoms. The van der Waals surface area contributed by atoms with Gasteiger partial charge in [0, 0.05) is 21.7 Å². The third kappa shape index (κ3) is 1.82. The van der Waals surface area contributed by atoms with Crippen LogP contribution >= 0.6 is 11.3 Å². The Morgan fingerprint density at radius 2 is 2.19 bits per heavy atom. The molecule has 1 aromatic heterocycles. The molecule has 1 aliphatic rings. The zero-order chi connectivity index (χ0) is 11.8. The summed E-state index contributed by atoms with van der Waals surface area (Å²) in [6, 6.07) is 5.31. The van der Waals surface area contributed by atoms with Crippen LogP contribution in [-0.2, 0) is 0 Å². The Labute approximate surface area is 103 Å². The summed E-state index contributed by atoms with van der Waals surface area (Å²) in [4.78, 5) is 3.04.